The van der Waals surface area contributed by atoms with Crippen molar-refractivity contribution >= 4 is 26.0 Å². The Kier molecular flexibility index (Phi) is 6.20. The van der Waals surface area contributed by atoms with Crippen LogP contribution in [0.5, 0.6) is 0 Å². The fourth-order valence-electron chi connectivity index (χ4n) is 2.79. The van der Waals surface area contributed by atoms with E-state index in [0.29, 0.717) is 6.61 Å². The van der Waals surface area contributed by atoms with Gasteiger partial charge in [0.25, 0.3) is 0 Å². The van der Waals surface area contributed by atoms with Crippen molar-refractivity contribution in [3.05, 3.63) is 34.4 Å². The van der Waals surface area contributed by atoms with Gasteiger partial charge < -0.3 is 9.47 Å². The highest BCUT2D eigenvalue weighted by molar-refractivity contribution is 9.10. The predicted octanol–water partition coefficient (Wildman–Crippen LogP) is 4.40. The first-order chi connectivity index (χ1) is 11.9. The zero-order valence-electron chi connectivity index (χ0n) is 15.1. The molecule has 5 nitrogen and oxygen atoms in total. The van der Waals surface area contributed by atoms with Crippen molar-refractivity contribution in [1.29, 1.82) is 0 Å². The summed E-state index contributed by atoms with van der Waals surface area (Å²) in [6, 6.07) is 8.17. The first-order valence-electron chi connectivity index (χ1n) is 8.50. The van der Waals surface area contributed by atoms with Gasteiger partial charge in [-0.05, 0) is 50.2 Å². The van der Waals surface area contributed by atoms with E-state index in [4.69, 9.17) is 9.47 Å². The van der Waals surface area contributed by atoms with Crippen LogP contribution in [0.15, 0.2) is 28.7 Å². The largest absolute Gasteiger partial charge is 0.353 e. The quantitative estimate of drug-likeness (QED) is 0.684. The highest BCUT2D eigenvalue weighted by atomic mass is 79.9. The Morgan fingerprint density at radius 2 is 2.00 bits per heavy atom. The Bertz CT molecular complexity index is 691. The normalized spacial score (nSPS) is 19.1. The van der Waals surface area contributed by atoms with Crippen molar-refractivity contribution in [1.82, 2.24) is 15.0 Å². The average molecular weight is 428 g/mol. The molecule has 0 spiro atoms. The number of hydrogen-bond acceptors (Lipinski definition) is 4. The maximum Gasteiger partial charge on any atom is 0.158 e. The van der Waals surface area contributed by atoms with Crippen LogP contribution in [-0.4, -0.2) is 46.7 Å². The highest BCUT2D eigenvalue weighted by Crippen LogP contribution is 2.37. The molecule has 0 amide bonds. The molecule has 2 aromatic rings. The highest BCUT2D eigenvalue weighted by Gasteiger charge is 2.21. The maximum absolute atomic E-state index is 6.05. The smallest absolute Gasteiger partial charge is 0.158 e. The van der Waals surface area contributed by atoms with Crippen molar-refractivity contribution in [3.63, 3.8) is 0 Å². The Morgan fingerprint density at radius 3 is 2.64 bits per heavy atom. The van der Waals surface area contributed by atoms with Crippen LogP contribution in [0.4, 0.5) is 0 Å². The van der Waals surface area contributed by atoms with Crippen LogP contribution in [0.3, 0.4) is 0 Å². The van der Waals surface area contributed by atoms with E-state index in [-0.39, 0.29) is 6.29 Å². The van der Waals surface area contributed by atoms with E-state index in [9.17, 15) is 0 Å². The van der Waals surface area contributed by atoms with Gasteiger partial charge >= 0.3 is 0 Å². The van der Waals surface area contributed by atoms with E-state index in [1.807, 2.05) is 16.8 Å². The summed E-state index contributed by atoms with van der Waals surface area (Å²) in [5.74, 6) is 0.876. The van der Waals surface area contributed by atoms with Crippen LogP contribution in [0.1, 0.15) is 25.0 Å². The molecular formula is C18H26BrN3O2S. The second-order valence-electron chi connectivity index (χ2n) is 7.22. The standard InChI is InChI=1S/C18H26BrN3O2S/c1-25(2,3)13-22-16(12-24-17-6-4-5-11-23-17)18(20-21-22)14-7-9-15(19)10-8-14/h7-10,17H,4-6,11-13H2,1-3H3. The topological polar surface area (TPSA) is 49.2 Å². The van der Waals surface area contributed by atoms with Crippen LogP contribution < -0.4 is 0 Å². The van der Waals surface area contributed by atoms with E-state index in [2.05, 4.69) is 57.1 Å². The molecule has 25 heavy (non-hydrogen) atoms. The number of aromatic nitrogens is 3. The van der Waals surface area contributed by atoms with Crippen LogP contribution >= 0.6 is 26.0 Å². The zero-order valence-corrected chi connectivity index (χ0v) is 17.5. The molecule has 1 fully saturated rings. The van der Waals surface area contributed by atoms with Gasteiger partial charge in [-0.25, -0.2) is 14.7 Å². The molecule has 1 unspecified atom stereocenters. The predicted molar refractivity (Wildman–Crippen MR) is 107 cm³/mol. The summed E-state index contributed by atoms with van der Waals surface area (Å²) in [5, 5.41) is 8.87. The third-order valence-electron chi connectivity index (χ3n) is 4.01. The fourth-order valence-corrected chi connectivity index (χ4v) is 4.00. The first-order valence-corrected chi connectivity index (χ1v) is 12.3. The molecule has 1 aliphatic rings. The molecule has 3 rings (SSSR count). The molecule has 1 aliphatic heterocycles. The van der Waals surface area contributed by atoms with Crippen LogP contribution in [0, 0.1) is 0 Å². The maximum atomic E-state index is 6.05. The lowest BCUT2D eigenvalue weighted by molar-refractivity contribution is -0.169. The van der Waals surface area contributed by atoms with E-state index < -0.39 is 10.0 Å². The van der Waals surface area contributed by atoms with Gasteiger partial charge in [-0.1, -0.05) is 33.3 Å². The molecule has 2 heterocycles. The molecule has 1 aromatic heterocycles. The molecule has 0 aliphatic carbocycles. The first kappa shape index (κ1) is 18.9. The van der Waals surface area contributed by atoms with Gasteiger partial charge in [-0.15, -0.1) is 5.10 Å². The number of rotatable bonds is 6. The van der Waals surface area contributed by atoms with E-state index in [1.165, 1.54) is 0 Å². The van der Waals surface area contributed by atoms with Crippen LogP contribution in [0.2, 0.25) is 0 Å². The van der Waals surface area contributed by atoms with Crippen LogP contribution in [0.25, 0.3) is 11.3 Å². The third-order valence-corrected chi connectivity index (χ3v) is 5.56. The monoisotopic (exact) mass is 427 g/mol. The summed E-state index contributed by atoms with van der Waals surface area (Å²) in [4.78, 5) is 0. The van der Waals surface area contributed by atoms with E-state index in [1.54, 1.807) is 0 Å². The van der Waals surface area contributed by atoms with Crippen molar-refractivity contribution in [2.45, 2.75) is 38.0 Å². The van der Waals surface area contributed by atoms with E-state index >= 15 is 0 Å². The summed E-state index contributed by atoms with van der Waals surface area (Å²) in [6.45, 7) is 1.26. The minimum Gasteiger partial charge on any atom is -0.353 e. The molecule has 1 atom stereocenters. The fraction of sp³-hybridized carbons (Fsp3) is 0.556. The Hall–Kier alpha value is -0.890. The molecule has 1 saturated heterocycles. The summed E-state index contributed by atoms with van der Waals surface area (Å²) in [7, 11) is -0.752. The number of halogens is 1. The van der Waals surface area contributed by atoms with Crippen molar-refractivity contribution in [2.75, 3.05) is 25.4 Å². The second kappa shape index (κ2) is 8.20. The third kappa shape index (κ3) is 5.29. The van der Waals surface area contributed by atoms with Gasteiger partial charge in [0.1, 0.15) is 5.69 Å². The number of benzene rings is 1. The van der Waals surface area contributed by atoms with Gasteiger partial charge in [-0.2, -0.15) is 0 Å². The molecule has 1 aromatic carbocycles. The Balaban J connectivity index is 1.84. The molecule has 0 saturated carbocycles. The molecule has 0 N–H and O–H groups in total. The SMILES string of the molecule is CS(C)(C)Cn1nnc(-c2ccc(Br)cc2)c1COC1CCCCO1. The molecule has 0 radical (unpaired) electrons. The summed E-state index contributed by atoms with van der Waals surface area (Å²) < 4.78 is 14.8. The van der Waals surface area contributed by atoms with Crippen LogP contribution in [-0.2, 0) is 22.0 Å². The summed E-state index contributed by atoms with van der Waals surface area (Å²) >= 11 is 3.49. The van der Waals surface area contributed by atoms with Gasteiger partial charge in [0.15, 0.2) is 6.29 Å². The average Bonchev–Trinajstić information content (AvgIpc) is 2.95. The van der Waals surface area contributed by atoms with Gasteiger partial charge in [0.2, 0.25) is 0 Å². The summed E-state index contributed by atoms with van der Waals surface area (Å²) in [5.41, 5.74) is 2.98. The van der Waals surface area contributed by atoms with Gasteiger partial charge in [0.05, 0.1) is 18.2 Å². The Morgan fingerprint density at radius 1 is 1.24 bits per heavy atom. The molecule has 0 bridgehead atoms. The Labute approximate surface area is 159 Å². The molecule has 7 heteroatoms. The minimum atomic E-state index is -0.752. The number of ether oxygens (including phenoxy) is 2. The molecule has 138 valence electrons. The van der Waals surface area contributed by atoms with E-state index in [0.717, 1.165) is 53.2 Å². The van der Waals surface area contributed by atoms with Crippen molar-refractivity contribution < 1.29 is 9.47 Å². The number of nitrogens with zero attached hydrogens (tertiary/aromatic N) is 3. The molecular weight excluding hydrogens is 402 g/mol. The number of hydrogen-bond donors (Lipinski definition) is 0. The lowest BCUT2D eigenvalue weighted by Gasteiger charge is -2.26. The minimum absolute atomic E-state index is 0.114. The lowest BCUT2D eigenvalue weighted by Crippen LogP contribution is -2.23. The zero-order chi connectivity index (χ0) is 17.9. The summed E-state index contributed by atoms with van der Waals surface area (Å²) in [6.07, 6.45) is 9.97. The van der Waals surface area contributed by atoms with Crippen molar-refractivity contribution in [3.8, 4) is 11.3 Å². The van der Waals surface area contributed by atoms with Gasteiger partial charge in [0, 0.05) is 16.6 Å². The second-order valence-corrected chi connectivity index (χ2v) is 12.6. The lowest BCUT2D eigenvalue weighted by atomic mass is 10.1. The van der Waals surface area contributed by atoms with Gasteiger partial charge in [-0.3, -0.25) is 0 Å². The van der Waals surface area contributed by atoms with Crippen molar-refractivity contribution in [2.24, 2.45) is 0 Å².